The van der Waals surface area contributed by atoms with Gasteiger partial charge in [-0.3, -0.25) is 4.79 Å². The second kappa shape index (κ2) is 11.4. The zero-order chi connectivity index (χ0) is 29.6. The lowest BCUT2D eigenvalue weighted by Gasteiger charge is -2.44. The Balaban J connectivity index is 1.60. The third-order valence-corrected chi connectivity index (χ3v) is 6.85. The summed E-state index contributed by atoms with van der Waals surface area (Å²) in [6.07, 6.45) is -15.1. The molecule has 2 aliphatic rings. The number of benzene rings is 2. The van der Waals surface area contributed by atoms with Crippen LogP contribution in [0.15, 0.2) is 45.6 Å². The number of hydrogen-bond acceptors (Lipinski definition) is 15. The van der Waals surface area contributed by atoms with Gasteiger partial charge in [-0.15, -0.1) is 0 Å². The smallest absolute Gasteiger partial charge is 0.239 e. The van der Waals surface area contributed by atoms with Crippen molar-refractivity contribution >= 4 is 11.0 Å². The van der Waals surface area contributed by atoms with Gasteiger partial charge in [-0.25, -0.2) is 0 Å². The molecule has 3 aromatic rings. The summed E-state index contributed by atoms with van der Waals surface area (Å²) in [6.45, 7) is -1.25. The van der Waals surface area contributed by atoms with Crippen LogP contribution in [0, 0.1) is 0 Å². The van der Waals surface area contributed by atoms with Crippen LogP contribution in [0.1, 0.15) is 0 Å². The molecule has 9 N–H and O–H groups in total. The molecule has 2 saturated heterocycles. The summed E-state index contributed by atoms with van der Waals surface area (Å²) in [4.78, 5) is 13.7. The molecule has 0 bridgehead atoms. The number of hydrogen-bond donors (Lipinski definition) is 9. The number of fused-ring (bicyclic) bond motifs is 1. The molecule has 5 rings (SSSR count). The molecule has 2 aromatic carbocycles. The molecule has 2 fully saturated rings. The van der Waals surface area contributed by atoms with Crippen LogP contribution >= 0.6 is 0 Å². The van der Waals surface area contributed by atoms with Crippen LogP contribution in [0.4, 0.5) is 0 Å². The standard InChI is InChI=1S/C26H28O15/c27-7-15-18(33)20(35)24(41-25-21(36)17(32)13(31)8-37-25)26(39-15)40-23-19(34)16-12(30)5-11(29)6-14(16)38-22(23)9-1-3-10(28)4-2-9/h1-6,13,15,17-18,20-21,24-33,35-36H,7-8H2/t13-,15?,17?,18-,20?,21-,24?,25+,26+/m1/s1. The van der Waals surface area contributed by atoms with Crippen LogP contribution in [0.3, 0.4) is 0 Å². The summed E-state index contributed by atoms with van der Waals surface area (Å²) in [5, 5.41) is 90.8. The highest BCUT2D eigenvalue weighted by atomic mass is 16.8. The topological polar surface area (TPSA) is 249 Å². The van der Waals surface area contributed by atoms with E-state index in [4.69, 9.17) is 23.4 Å². The lowest BCUT2D eigenvalue weighted by molar-refractivity contribution is -0.345. The first-order valence-corrected chi connectivity index (χ1v) is 12.4. The van der Waals surface area contributed by atoms with Crippen molar-refractivity contribution in [1.29, 1.82) is 0 Å². The molecule has 222 valence electrons. The normalized spacial score (nSPS) is 32.2. The highest BCUT2D eigenvalue weighted by Gasteiger charge is 2.50. The van der Waals surface area contributed by atoms with Crippen molar-refractivity contribution in [2.75, 3.05) is 13.2 Å². The SMILES string of the molecule is O=c1c(O[C@@H]2OC(CO)[C@@H](O)C(O)C2O[C@@H]2OC[C@@H](O)C(O)[C@H]2O)c(-c2ccc(O)cc2)oc2cc(O)cc(O)c12. The van der Waals surface area contributed by atoms with Crippen LogP contribution in [0.25, 0.3) is 22.3 Å². The lowest BCUT2D eigenvalue weighted by atomic mass is 9.98. The van der Waals surface area contributed by atoms with E-state index in [9.17, 15) is 50.8 Å². The number of aliphatic hydroxyl groups is 6. The Morgan fingerprint density at radius 2 is 1.56 bits per heavy atom. The van der Waals surface area contributed by atoms with E-state index in [1.807, 2.05) is 0 Å². The molecular weight excluding hydrogens is 552 g/mol. The fourth-order valence-electron chi connectivity index (χ4n) is 4.64. The Bertz CT molecular complexity index is 1440. The molecule has 3 heterocycles. The van der Waals surface area contributed by atoms with Gasteiger partial charge in [-0.1, -0.05) is 0 Å². The van der Waals surface area contributed by atoms with Crippen molar-refractivity contribution in [3.8, 4) is 34.3 Å². The zero-order valence-electron chi connectivity index (χ0n) is 21.0. The maximum absolute atomic E-state index is 13.7. The van der Waals surface area contributed by atoms with E-state index in [-0.39, 0.29) is 22.7 Å². The minimum atomic E-state index is -1.86. The summed E-state index contributed by atoms with van der Waals surface area (Å²) in [5.41, 5.74) is -0.992. The van der Waals surface area contributed by atoms with Gasteiger partial charge in [0.15, 0.2) is 18.2 Å². The summed E-state index contributed by atoms with van der Waals surface area (Å²) in [7, 11) is 0. The maximum atomic E-state index is 13.7. The van der Waals surface area contributed by atoms with Crippen molar-refractivity contribution in [1.82, 2.24) is 0 Å². The van der Waals surface area contributed by atoms with Crippen LogP contribution in [-0.4, -0.2) is 114 Å². The lowest BCUT2D eigenvalue weighted by Crippen LogP contribution is -2.64. The number of aliphatic hydroxyl groups excluding tert-OH is 6. The fraction of sp³-hybridized carbons (Fsp3) is 0.423. The molecule has 9 atom stereocenters. The monoisotopic (exact) mass is 580 g/mol. The highest BCUT2D eigenvalue weighted by molar-refractivity contribution is 5.88. The van der Waals surface area contributed by atoms with Gasteiger partial charge in [-0.05, 0) is 24.3 Å². The number of phenolic OH excluding ortho intramolecular Hbond substituents is 3. The first-order chi connectivity index (χ1) is 19.5. The second-order valence-electron chi connectivity index (χ2n) is 9.65. The molecule has 4 unspecified atom stereocenters. The van der Waals surface area contributed by atoms with Gasteiger partial charge in [0.25, 0.3) is 0 Å². The maximum Gasteiger partial charge on any atom is 0.239 e. The van der Waals surface area contributed by atoms with Crippen molar-refractivity contribution in [2.45, 2.75) is 55.3 Å². The first kappa shape index (κ1) is 29.0. The molecule has 2 aliphatic heterocycles. The quantitative estimate of drug-likeness (QED) is 0.156. The average Bonchev–Trinajstić information content (AvgIpc) is 2.93. The molecule has 1 aromatic heterocycles. The minimum Gasteiger partial charge on any atom is -0.508 e. The highest BCUT2D eigenvalue weighted by Crippen LogP contribution is 2.38. The third-order valence-electron chi connectivity index (χ3n) is 6.85. The molecule has 0 saturated carbocycles. The van der Waals surface area contributed by atoms with Gasteiger partial charge in [0, 0.05) is 17.7 Å². The Morgan fingerprint density at radius 1 is 0.854 bits per heavy atom. The molecule has 0 aliphatic carbocycles. The summed E-state index contributed by atoms with van der Waals surface area (Å²) >= 11 is 0. The molecule has 15 nitrogen and oxygen atoms in total. The molecule has 41 heavy (non-hydrogen) atoms. The van der Waals surface area contributed by atoms with Crippen LogP contribution in [0.2, 0.25) is 0 Å². The Labute approximate surface area is 230 Å². The van der Waals surface area contributed by atoms with E-state index in [2.05, 4.69) is 0 Å². The minimum absolute atomic E-state index is 0.111. The Morgan fingerprint density at radius 3 is 2.24 bits per heavy atom. The fourth-order valence-corrected chi connectivity index (χ4v) is 4.64. The van der Waals surface area contributed by atoms with Gasteiger partial charge < -0.3 is 69.3 Å². The van der Waals surface area contributed by atoms with Gasteiger partial charge in [0.1, 0.15) is 64.8 Å². The van der Waals surface area contributed by atoms with Gasteiger partial charge in [0.2, 0.25) is 17.5 Å². The van der Waals surface area contributed by atoms with Crippen LogP contribution < -0.4 is 10.2 Å². The van der Waals surface area contributed by atoms with Crippen molar-refractivity contribution in [2.24, 2.45) is 0 Å². The number of ether oxygens (including phenoxy) is 4. The number of phenols is 3. The predicted molar refractivity (Wildman–Crippen MR) is 134 cm³/mol. The summed E-state index contributed by atoms with van der Waals surface area (Å²) in [5.74, 6) is -2.02. The van der Waals surface area contributed by atoms with Gasteiger partial charge in [0.05, 0.1) is 13.2 Å². The molecular formula is C26H28O15. The average molecular weight is 580 g/mol. The van der Waals surface area contributed by atoms with Crippen LogP contribution in [-0.2, 0) is 14.2 Å². The Kier molecular flexibility index (Phi) is 8.06. The van der Waals surface area contributed by atoms with Crippen molar-refractivity contribution in [3.05, 3.63) is 46.6 Å². The molecule has 15 heteroatoms. The first-order valence-electron chi connectivity index (χ1n) is 12.4. The molecule has 0 amide bonds. The zero-order valence-corrected chi connectivity index (χ0v) is 21.0. The van der Waals surface area contributed by atoms with Gasteiger partial charge >= 0.3 is 0 Å². The van der Waals surface area contributed by atoms with Gasteiger partial charge in [-0.2, -0.15) is 0 Å². The van der Waals surface area contributed by atoms with E-state index in [0.29, 0.717) is 0 Å². The van der Waals surface area contributed by atoms with E-state index < -0.39 is 96.6 Å². The van der Waals surface area contributed by atoms with Crippen molar-refractivity contribution in [3.63, 3.8) is 0 Å². The summed E-state index contributed by atoms with van der Waals surface area (Å²) in [6, 6.07) is 7.30. The van der Waals surface area contributed by atoms with E-state index in [0.717, 1.165) is 12.1 Å². The number of rotatable bonds is 6. The second-order valence-corrected chi connectivity index (χ2v) is 9.65. The predicted octanol–water partition coefficient (Wildman–Crippen LogP) is -1.78. The van der Waals surface area contributed by atoms with E-state index in [1.54, 1.807) is 0 Å². The molecule has 0 radical (unpaired) electrons. The number of aromatic hydroxyl groups is 3. The van der Waals surface area contributed by atoms with E-state index in [1.165, 1.54) is 24.3 Å². The largest absolute Gasteiger partial charge is 0.508 e. The Hall–Kier alpha value is -3.51. The van der Waals surface area contributed by atoms with Crippen LogP contribution in [0.5, 0.6) is 23.0 Å². The molecule has 0 spiro atoms. The van der Waals surface area contributed by atoms with Crippen molar-refractivity contribution < 1.29 is 69.3 Å². The van der Waals surface area contributed by atoms with E-state index >= 15 is 0 Å². The third kappa shape index (κ3) is 5.42. The summed E-state index contributed by atoms with van der Waals surface area (Å²) < 4.78 is 28.1.